The first-order valence-corrected chi connectivity index (χ1v) is 11.6. The predicted octanol–water partition coefficient (Wildman–Crippen LogP) is 2.81. The maximum absolute atomic E-state index is 11.5. The minimum Gasteiger partial charge on any atom is -0.424 e. The van der Waals surface area contributed by atoms with Crippen molar-refractivity contribution in [3.63, 3.8) is 0 Å². The Labute approximate surface area is 177 Å². The number of nitrogens with zero attached hydrogens (tertiary/aromatic N) is 6. The molecule has 1 aliphatic rings. The number of pyridine rings is 1. The highest BCUT2D eigenvalue weighted by Crippen LogP contribution is 2.26. The van der Waals surface area contributed by atoms with Crippen molar-refractivity contribution in [3.05, 3.63) is 48.3 Å². The van der Waals surface area contributed by atoms with Crippen molar-refractivity contribution in [3.8, 4) is 16.6 Å². The molecule has 0 N–H and O–H groups in total. The molecule has 12 heteroatoms. The van der Waals surface area contributed by atoms with Gasteiger partial charge in [0.2, 0.25) is 0 Å². The number of hydrogen-bond donors (Lipinski definition) is 0. The van der Waals surface area contributed by atoms with Gasteiger partial charge in [-0.25, -0.2) is 13.4 Å². The number of sulfone groups is 1. The van der Waals surface area contributed by atoms with Crippen LogP contribution in [0.1, 0.15) is 25.6 Å². The molecule has 3 aromatic rings. The lowest BCUT2D eigenvalue weighted by Gasteiger charge is -2.17. The predicted molar refractivity (Wildman–Crippen MR) is 110 cm³/mol. The first-order valence-electron chi connectivity index (χ1n) is 8.96. The van der Waals surface area contributed by atoms with Gasteiger partial charge < -0.3 is 9.26 Å². The molecule has 0 unspecified atom stereocenters. The van der Waals surface area contributed by atoms with Gasteiger partial charge in [0.25, 0.3) is 0 Å². The number of hydrogen-bond acceptors (Lipinski definition) is 11. The minimum atomic E-state index is -3.35. The van der Waals surface area contributed by atoms with Crippen LogP contribution in [-0.4, -0.2) is 45.7 Å². The summed E-state index contributed by atoms with van der Waals surface area (Å²) in [5.74, 6) is 1.43. The molecular formula is C18H18N6O4S2. The topological polar surface area (TPSA) is 124 Å². The van der Waals surface area contributed by atoms with Gasteiger partial charge >= 0.3 is 12.0 Å². The number of allylic oxidation sites excluding steroid dienone is 1. The Morgan fingerprint density at radius 1 is 1.27 bits per heavy atom. The summed E-state index contributed by atoms with van der Waals surface area (Å²) in [7, 11) is -3.35. The molecule has 0 saturated heterocycles. The van der Waals surface area contributed by atoms with E-state index in [2.05, 4.69) is 24.5 Å². The van der Waals surface area contributed by atoms with Crippen LogP contribution in [-0.2, 0) is 9.84 Å². The summed E-state index contributed by atoms with van der Waals surface area (Å²) >= 11 is 1.14. The molecule has 10 nitrogen and oxygen atoms in total. The minimum absolute atomic E-state index is 0.0102. The van der Waals surface area contributed by atoms with Gasteiger partial charge in [-0.15, -0.1) is 4.37 Å². The molecule has 0 saturated carbocycles. The molecule has 0 fully saturated rings. The van der Waals surface area contributed by atoms with E-state index in [-0.39, 0.29) is 17.0 Å². The average Bonchev–Trinajstić information content (AvgIpc) is 3.38. The van der Waals surface area contributed by atoms with Crippen molar-refractivity contribution in [2.45, 2.75) is 24.8 Å². The van der Waals surface area contributed by atoms with E-state index in [1.165, 1.54) is 12.3 Å². The quantitative estimate of drug-likeness (QED) is 0.558. The van der Waals surface area contributed by atoms with E-state index in [0.29, 0.717) is 34.7 Å². The first-order chi connectivity index (χ1) is 14.3. The van der Waals surface area contributed by atoms with Crippen molar-refractivity contribution in [2.75, 3.05) is 17.7 Å². The monoisotopic (exact) mass is 446 g/mol. The zero-order chi connectivity index (χ0) is 21.3. The SMILES string of the molecule is CC(C)c1noc(N2C=CC(Oc3nsc(-c4ccc(S(C)(=O)=O)nc4)n3)=CC2)n1. The zero-order valence-electron chi connectivity index (χ0n) is 16.4. The Balaban J connectivity index is 1.41. The van der Waals surface area contributed by atoms with E-state index < -0.39 is 9.84 Å². The van der Waals surface area contributed by atoms with Crippen LogP contribution >= 0.6 is 11.5 Å². The Morgan fingerprint density at radius 2 is 2.10 bits per heavy atom. The molecule has 30 heavy (non-hydrogen) atoms. The maximum atomic E-state index is 11.5. The summed E-state index contributed by atoms with van der Waals surface area (Å²) in [5.41, 5.74) is 0.659. The van der Waals surface area contributed by atoms with Crippen LogP contribution in [0.2, 0.25) is 0 Å². The lowest BCUT2D eigenvalue weighted by atomic mass is 10.2. The van der Waals surface area contributed by atoms with Crippen molar-refractivity contribution in [2.24, 2.45) is 0 Å². The van der Waals surface area contributed by atoms with Gasteiger partial charge in [-0.2, -0.15) is 9.97 Å². The maximum Gasteiger partial charge on any atom is 0.334 e. The van der Waals surface area contributed by atoms with E-state index in [4.69, 9.17) is 9.26 Å². The summed E-state index contributed by atoms with van der Waals surface area (Å²) in [6.45, 7) is 4.49. The highest BCUT2D eigenvalue weighted by Gasteiger charge is 2.17. The number of rotatable bonds is 6. The molecule has 0 radical (unpaired) electrons. The molecule has 4 heterocycles. The molecule has 0 atom stereocenters. The van der Waals surface area contributed by atoms with Gasteiger partial charge in [-0.1, -0.05) is 19.0 Å². The second kappa shape index (κ2) is 7.95. The highest BCUT2D eigenvalue weighted by atomic mass is 32.2. The van der Waals surface area contributed by atoms with E-state index >= 15 is 0 Å². The molecule has 0 aliphatic carbocycles. The zero-order valence-corrected chi connectivity index (χ0v) is 18.0. The molecule has 156 valence electrons. The molecule has 1 aliphatic heterocycles. The van der Waals surface area contributed by atoms with Gasteiger partial charge in [-0.05, 0) is 35.8 Å². The van der Waals surface area contributed by atoms with E-state index in [9.17, 15) is 8.42 Å². The number of aromatic nitrogens is 5. The first kappa shape index (κ1) is 20.2. The summed E-state index contributed by atoms with van der Waals surface area (Å²) in [6, 6.07) is 3.70. The summed E-state index contributed by atoms with van der Waals surface area (Å²) in [4.78, 5) is 14.5. The second-order valence-corrected chi connectivity index (χ2v) is 9.52. The normalized spacial score (nSPS) is 14.3. The third-order valence-electron chi connectivity index (χ3n) is 4.08. The fourth-order valence-electron chi connectivity index (χ4n) is 2.48. The smallest absolute Gasteiger partial charge is 0.334 e. The van der Waals surface area contributed by atoms with Crippen molar-refractivity contribution >= 4 is 27.4 Å². The van der Waals surface area contributed by atoms with E-state index in [1.807, 2.05) is 19.9 Å². The van der Waals surface area contributed by atoms with Gasteiger partial charge in [0.1, 0.15) is 10.8 Å². The third kappa shape index (κ3) is 4.39. The lowest BCUT2D eigenvalue weighted by molar-refractivity contribution is 0.402. The highest BCUT2D eigenvalue weighted by molar-refractivity contribution is 7.90. The third-order valence-corrected chi connectivity index (χ3v) is 5.83. The van der Waals surface area contributed by atoms with Gasteiger partial charge in [-0.3, -0.25) is 4.90 Å². The van der Waals surface area contributed by atoms with Crippen LogP contribution in [0, 0.1) is 0 Å². The Bertz CT molecular complexity index is 1210. The largest absolute Gasteiger partial charge is 0.424 e. The standard InChI is InChI=1S/C18H18N6O4S2/c1-11(2)15-20-18(28-22-15)24-8-6-13(7-9-24)27-17-21-16(29-23-17)12-4-5-14(19-10-12)30(3,25)26/h4-8,10-11H,9H2,1-3H3. The number of anilines is 1. The van der Waals surface area contributed by atoms with Crippen LogP contribution in [0.4, 0.5) is 6.01 Å². The van der Waals surface area contributed by atoms with Crippen LogP contribution in [0.5, 0.6) is 6.01 Å². The Hall–Kier alpha value is -3.12. The number of ether oxygens (including phenoxy) is 1. The lowest BCUT2D eigenvalue weighted by Crippen LogP contribution is -2.20. The fourth-order valence-corrected chi connectivity index (χ4v) is 3.62. The fraction of sp³-hybridized carbons (Fsp3) is 0.278. The molecule has 4 rings (SSSR count). The van der Waals surface area contributed by atoms with Gasteiger partial charge in [0.05, 0.1) is 0 Å². The molecule has 0 bridgehead atoms. The molecule has 0 aromatic carbocycles. The molecule has 0 spiro atoms. The average molecular weight is 447 g/mol. The molecule has 0 amide bonds. The van der Waals surface area contributed by atoms with Crippen LogP contribution < -0.4 is 9.64 Å². The van der Waals surface area contributed by atoms with Crippen molar-refractivity contribution in [1.29, 1.82) is 0 Å². The van der Waals surface area contributed by atoms with Crippen LogP contribution in [0.3, 0.4) is 0 Å². The van der Waals surface area contributed by atoms with E-state index in [0.717, 1.165) is 17.8 Å². The van der Waals surface area contributed by atoms with Gasteiger partial charge in [0, 0.05) is 36.7 Å². The summed E-state index contributed by atoms with van der Waals surface area (Å²) in [6.07, 6.45) is 7.96. The van der Waals surface area contributed by atoms with Crippen molar-refractivity contribution < 1.29 is 17.7 Å². The van der Waals surface area contributed by atoms with Crippen molar-refractivity contribution in [1.82, 2.24) is 24.5 Å². The van der Waals surface area contributed by atoms with Crippen LogP contribution in [0.15, 0.2) is 52.0 Å². The second-order valence-electron chi connectivity index (χ2n) is 6.81. The van der Waals surface area contributed by atoms with Crippen LogP contribution in [0.25, 0.3) is 10.6 Å². The van der Waals surface area contributed by atoms with E-state index in [1.54, 1.807) is 23.2 Å². The molecular weight excluding hydrogens is 428 g/mol. The summed E-state index contributed by atoms with van der Waals surface area (Å²) in [5, 5.41) is 4.54. The van der Waals surface area contributed by atoms with Gasteiger partial charge in [0.15, 0.2) is 20.7 Å². The Kier molecular flexibility index (Phi) is 5.35. The Morgan fingerprint density at radius 3 is 2.70 bits per heavy atom. The summed E-state index contributed by atoms with van der Waals surface area (Å²) < 4.78 is 38.2. The molecule has 3 aromatic heterocycles.